The van der Waals surface area contributed by atoms with E-state index in [-0.39, 0.29) is 0 Å². The zero-order valence-corrected chi connectivity index (χ0v) is 9.26. The van der Waals surface area contributed by atoms with Crippen molar-refractivity contribution < 1.29 is 0 Å². The fourth-order valence-corrected chi connectivity index (χ4v) is 2.65. The Morgan fingerprint density at radius 1 is 1.31 bits per heavy atom. The summed E-state index contributed by atoms with van der Waals surface area (Å²) >= 11 is 0. The third kappa shape index (κ3) is 3.68. The van der Waals surface area contributed by atoms with Crippen LogP contribution >= 0.6 is 0 Å². The van der Waals surface area contributed by atoms with Gasteiger partial charge in [-0.25, -0.2) is 0 Å². The van der Waals surface area contributed by atoms with Gasteiger partial charge in [-0.2, -0.15) is 0 Å². The highest BCUT2D eigenvalue weighted by atomic mass is 14.7. The molecule has 1 nitrogen and oxygen atoms in total. The van der Waals surface area contributed by atoms with Crippen LogP contribution < -0.4 is 5.73 Å². The summed E-state index contributed by atoms with van der Waals surface area (Å²) in [6, 6.07) is 0.490. The maximum Gasteiger partial charge on any atom is 0.00696 e. The molecule has 1 heteroatoms. The van der Waals surface area contributed by atoms with Crippen molar-refractivity contribution in [3.05, 3.63) is 0 Å². The lowest BCUT2D eigenvalue weighted by Gasteiger charge is -2.22. The lowest BCUT2D eigenvalue weighted by molar-refractivity contribution is 0.345. The van der Waals surface area contributed by atoms with E-state index in [9.17, 15) is 0 Å². The van der Waals surface area contributed by atoms with E-state index in [0.717, 1.165) is 11.8 Å². The average molecular weight is 183 g/mol. The fraction of sp³-hybridized carbons (Fsp3) is 1.00. The average Bonchev–Trinajstić information content (AvgIpc) is 2.55. The quantitative estimate of drug-likeness (QED) is 0.695. The van der Waals surface area contributed by atoms with Crippen LogP contribution in [0.1, 0.15) is 58.8 Å². The molecule has 0 radical (unpaired) electrons. The van der Waals surface area contributed by atoms with Crippen LogP contribution in [0.4, 0.5) is 0 Å². The van der Waals surface area contributed by atoms with Crippen LogP contribution in [0, 0.1) is 11.8 Å². The van der Waals surface area contributed by atoms with E-state index in [0.29, 0.717) is 6.04 Å². The Balaban J connectivity index is 2.18. The van der Waals surface area contributed by atoms with E-state index in [1.165, 1.54) is 44.9 Å². The van der Waals surface area contributed by atoms with Gasteiger partial charge < -0.3 is 5.73 Å². The molecular weight excluding hydrogens is 158 g/mol. The summed E-state index contributed by atoms with van der Waals surface area (Å²) in [7, 11) is 0. The van der Waals surface area contributed by atoms with Gasteiger partial charge in [0.1, 0.15) is 0 Å². The molecule has 0 aromatic rings. The summed E-state index contributed by atoms with van der Waals surface area (Å²) in [6.45, 7) is 4.61. The zero-order chi connectivity index (χ0) is 9.68. The molecule has 0 aliphatic heterocycles. The van der Waals surface area contributed by atoms with Crippen LogP contribution in [-0.4, -0.2) is 6.04 Å². The molecule has 0 spiro atoms. The molecule has 2 unspecified atom stereocenters. The molecule has 0 bridgehead atoms. The van der Waals surface area contributed by atoms with E-state index in [1.807, 2.05) is 0 Å². The number of nitrogens with two attached hydrogens (primary N) is 1. The highest BCUT2D eigenvalue weighted by Gasteiger charge is 2.22. The van der Waals surface area contributed by atoms with Crippen LogP contribution in [0.25, 0.3) is 0 Å². The first kappa shape index (κ1) is 11.0. The van der Waals surface area contributed by atoms with Crippen molar-refractivity contribution >= 4 is 0 Å². The smallest absolute Gasteiger partial charge is 0.00696 e. The molecule has 13 heavy (non-hydrogen) atoms. The standard InChI is InChI=1S/C12H25N/c1-3-6-10(2)9-12(13)11-7-4-5-8-11/h10-12H,3-9,13H2,1-2H3. The second-order valence-corrected chi connectivity index (χ2v) is 4.84. The monoisotopic (exact) mass is 183 g/mol. The SMILES string of the molecule is CCCC(C)CC(N)C1CCCC1. The third-order valence-corrected chi connectivity index (χ3v) is 3.46. The summed E-state index contributed by atoms with van der Waals surface area (Å²) in [6.07, 6.45) is 9.51. The lowest BCUT2D eigenvalue weighted by atomic mass is 9.89. The van der Waals surface area contributed by atoms with Crippen LogP contribution in [0.5, 0.6) is 0 Å². The zero-order valence-electron chi connectivity index (χ0n) is 9.26. The number of hydrogen-bond donors (Lipinski definition) is 1. The minimum absolute atomic E-state index is 0.490. The van der Waals surface area contributed by atoms with Gasteiger partial charge in [0.25, 0.3) is 0 Å². The van der Waals surface area contributed by atoms with Gasteiger partial charge in [0.2, 0.25) is 0 Å². The Bertz CT molecular complexity index is 127. The predicted octanol–water partition coefficient (Wildman–Crippen LogP) is 3.33. The first-order valence-electron chi connectivity index (χ1n) is 5.99. The Hall–Kier alpha value is -0.0400. The van der Waals surface area contributed by atoms with Crippen molar-refractivity contribution in [1.82, 2.24) is 0 Å². The summed E-state index contributed by atoms with van der Waals surface area (Å²) in [5.41, 5.74) is 6.21. The maximum atomic E-state index is 6.21. The Morgan fingerprint density at radius 2 is 1.92 bits per heavy atom. The van der Waals surface area contributed by atoms with Gasteiger partial charge in [0.05, 0.1) is 0 Å². The largest absolute Gasteiger partial charge is 0.327 e. The van der Waals surface area contributed by atoms with Crippen LogP contribution in [0.3, 0.4) is 0 Å². The Morgan fingerprint density at radius 3 is 2.46 bits per heavy atom. The highest BCUT2D eigenvalue weighted by molar-refractivity contribution is 4.79. The first-order chi connectivity index (χ1) is 6.24. The van der Waals surface area contributed by atoms with Crippen molar-refractivity contribution in [2.24, 2.45) is 17.6 Å². The van der Waals surface area contributed by atoms with Gasteiger partial charge in [-0.15, -0.1) is 0 Å². The maximum absolute atomic E-state index is 6.21. The molecule has 0 aromatic heterocycles. The summed E-state index contributed by atoms with van der Waals surface area (Å²) in [5, 5.41) is 0. The molecule has 0 heterocycles. The number of rotatable bonds is 5. The van der Waals surface area contributed by atoms with E-state index in [1.54, 1.807) is 0 Å². The molecule has 1 aliphatic rings. The normalized spacial score (nSPS) is 23.3. The van der Waals surface area contributed by atoms with Crippen LogP contribution in [0.15, 0.2) is 0 Å². The summed E-state index contributed by atoms with van der Waals surface area (Å²) in [4.78, 5) is 0. The first-order valence-corrected chi connectivity index (χ1v) is 5.99. The van der Waals surface area contributed by atoms with Crippen LogP contribution in [0.2, 0.25) is 0 Å². The molecule has 1 aliphatic carbocycles. The molecular formula is C12H25N. The van der Waals surface area contributed by atoms with Crippen molar-refractivity contribution in [3.63, 3.8) is 0 Å². The molecule has 1 fully saturated rings. The van der Waals surface area contributed by atoms with Gasteiger partial charge >= 0.3 is 0 Å². The minimum atomic E-state index is 0.490. The van der Waals surface area contributed by atoms with E-state index in [2.05, 4.69) is 13.8 Å². The van der Waals surface area contributed by atoms with Gasteiger partial charge in [-0.05, 0) is 31.1 Å². The molecule has 1 saturated carbocycles. The third-order valence-electron chi connectivity index (χ3n) is 3.46. The summed E-state index contributed by atoms with van der Waals surface area (Å²) in [5.74, 6) is 1.68. The van der Waals surface area contributed by atoms with Crippen LogP contribution in [-0.2, 0) is 0 Å². The van der Waals surface area contributed by atoms with Crippen molar-refractivity contribution in [2.45, 2.75) is 64.8 Å². The molecule has 0 aromatic carbocycles. The molecule has 0 amide bonds. The minimum Gasteiger partial charge on any atom is -0.327 e. The lowest BCUT2D eigenvalue weighted by Crippen LogP contribution is -2.30. The second kappa shape index (κ2) is 5.64. The van der Waals surface area contributed by atoms with Gasteiger partial charge in [-0.1, -0.05) is 39.5 Å². The topological polar surface area (TPSA) is 26.0 Å². The number of hydrogen-bond acceptors (Lipinski definition) is 1. The predicted molar refractivity (Wildman–Crippen MR) is 58.6 cm³/mol. The van der Waals surface area contributed by atoms with Gasteiger partial charge in [0, 0.05) is 6.04 Å². The van der Waals surface area contributed by atoms with E-state index < -0.39 is 0 Å². The Labute approximate surface area is 83.1 Å². The summed E-state index contributed by atoms with van der Waals surface area (Å²) < 4.78 is 0. The molecule has 1 rings (SSSR count). The second-order valence-electron chi connectivity index (χ2n) is 4.84. The molecule has 2 atom stereocenters. The van der Waals surface area contributed by atoms with Gasteiger partial charge in [0.15, 0.2) is 0 Å². The van der Waals surface area contributed by atoms with Gasteiger partial charge in [-0.3, -0.25) is 0 Å². The molecule has 78 valence electrons. The fourth-order valence-electron chi connectivity index (χ4n) is 2.65. The van der Waals surface area contributed by atoms with E-state index in [4.69, 9.17) is 5.73 Å². The van der Waals surface area contributed by atoms with Crippen molar-refractivity contribution in [1.29, 1.82) is 0 Å². The van der Waals surface area contributed by atoms with Crippen molar-refractivity contribution in [2.75, 3.05) is 0 Å². The van der Waals surface area contributed by atoms with Crippen molar-refractivity contribution in [3.8, 4) is 0 Å². The van der Waals surface area contributed by atoms with E-state index >= 15 is 0 Å². The molecule has 2 N–H and O–H groups in total. The highest BCUT2D eigenvalue weighted by Crippen LogP contribution is 2.29. The molecule has 0 saturated heterocycles. The Kier molecular flexibility index (Phi) is 4.79.